The molecule has 126 valence electrons. The van der Waals surface area contributed by atoms with Gasteiger partial charge in [-0.05, 0) is 36.4 Å². The molecule has 1 aliphatic rings. The molecule has 4 rings (SSSR count). The number of aromatic nitrogens is 2. The maximum Gasteiger partial charge on any atom is 0.257 e. The fourth-order valence-electron chi connectivity index (χ4n) is 2.95. The Morgan fingerprint density at radius 3 is 2.56 bits per heavy atom. The van der Waals surface area contributed by atoms with E-state index in [1.165, 1.54) is 0 Å². The molecule has 6 heteroatoms. The van der Waals surface area contributed by atoms with Crippen LogP contribution in [-0.4, -0.2) is 42.2 Å². The summed E-state index contributed by atoms with van der Waals surface area (Å²) in [5, 5.41) is 2.93. The summed E-state index contributed by atoms with van der Waals surface area (Å²) in [6, 6.07) is 13.3. The minimum absolute atomic E-state index is 0.190. The van der Waals surface area contributed by atoms with Gasteiger partial charge in [-0.15, -0.1) is 0 Å². The Bertz CT molecular complexity index is 884. The van der Waals surface area contributed by atoms with Gasteiger partial charge in [-0.1, -0.05) is 6.07 Å². The molecule has 0 bridgehead atoms. The lowest BCUT2D eigenvalue weighted by Gasteiger charge is -2.28. The van der Waals surface area contributed by atoms with Crippen molar-refractivity contribution in [3.63, 3.8) is 0 Å². The summed E-state index contributed by atoms with van der Waals surface area (Å²) >= 11 is 0. The number of anilines is 2. The van der Waals surface area contributed by atoms with Gasteiger partial charge >= 0.3 is 0 Å². The van der Waals surface area contributed by atoms with E-state index in [9.17, 15) is 4.79 Å². The monoisotopic (exact) mass is 334 g/mol. The number of carbonyl (C=O) groups excluding carboxylic acids is 1. The molecule has 0 aliphatic carbocycles. The van der Waals surface area contributed by atoms with Crippen LogP contribution in [0.3, 0.4) is 0 Å². The summed E-state index contributed by atoms with van der Waals surface area (Å²) < 4.78 is 5.37. The molecule has 6 nitrogen and oxygen atoms in total. The zero-order valence-corrected chi connectivity index (χ0v) is 13.7. The number of rotatable bonds is 3. The van der Waals surface area contributed by atoms with Crippen molar-refractivity contribution in [1.29, 1.82) is 0 Å². The van der Waals surface area contributed by atoms with Crippen molar-refractivity contribution in [2.24, 2.45) is 0 Å². The fourth-order valence-corrected chi connectivity index (χ4v) is 2.95. The van der Waals surface area contributed by atoms with Crippen molar-refractivity contribution in [2.45, 2.75) is 0 Å². The minimum Gasteiger partial charge on any atom is -0.378 e. The lowest BCUT2D eigenvalue weighted by atomic mass is 10.1. The second-order valence-electron chi connectivity index (χ2n) is 5.83. The van der Waals surface area contributed by atoms with Crippen LogP contribution in [0, 0.1) is 0 Å². The first-order valence-corrected chi connectivity index (χ1v) is 8.25. The molecule has 25 heavy (non-hydrogen) atoms. The van der Waals surface area contributed by atoms with E-state index in [4.69, 9.17) is 4.74 Å². The Hall–Kier alpha value is -2.99. The van der Waals surface area contributed by atoms with Crippen LogP contribution >= 0.6 is 0 Å². The molecule has 2 heterocycles. The molecule has 0 unspecified atom stereocenters. The zero-order chi connectivity index (χ0) is 17.1. The molecule has 0 atom stereocenters. The van der Waals surface area contributed by atoms with Gasteiger partial charge in [-0.2, -0.15) is 0 Å². The number of carbonyl (C=O) groups is 1. The Balaban J connectivity index is 1.52. The van der Waals surface area contributed by atoms with E-state index >= 15 is 0 Å². The van der Waals surface area contributed by atoms with Crippen LogP contribution in [0.5, 0.6) is 0 Å². The highest BCUT2D eigenvalue weighted by atomic mass is 16.5. The fraction of sp³-hybridized carbons (Fsp3) is 0.211. The van der Waals surface area contributed by atoms with E-state index in [1.54, 1.807) is 18.5 Å². The summed E-state index contributed by atoms with van der Waals surface area (Å²) in [6.07, 6.45) is 3.21. The molecule has 1 saturated heterocycles. The molecule has 1 aliphatic heterocycles. The van der Waals surface area contributed by atoms with Gasteiger partial charge in [0, 0.05) is 36.9 Å². The van der Waals surface area contributed by atoms with Crippen molar-refractivity contribution in [3.8, 4) is 0 Å². The van der Waals surface area contributed by atoms with Crippen LogP contribution in [0.15, 0.2) is 54.9 Å². The average molecular weight is 334 g/mol. The molecule has 2 aromatic carbocycles. The van der Waals surface area contributed by atoms with E-state index < -0.39 is 0 Å². The van der Waals surface area contributed by atoms with Crippen LogP contribution in [0.1, 0.15) is 10.4 Å². The lowest BCUT2D eigenvalue weighted by Crippen LogP contribution is -2.36. The Morgan fingerprint density at radius 1 is 1.00 bits per heavy atom. The van der Waals surface area contributed by atoms with E-state index in [0.717, 1.165) is 37.7 Å². The van der Waals surface area contributed by atoms with Crippen molar-refractivity contribution in [1.82, 2.24) is 9.97 Å². The molecule has 1 amide bonds. The van der Waals surface area contributed by atoms with Crippen LogP contribution in [0.4, 0.5) is 11.4 Å². The Kier molecular flexibility index (Phi) is 4.26. The maximum atomic E-state index is 12.6. The zero-order valence-electron chi connectivity index (χ0n) is 13.7. The average Bonchev–Trinajstić information content (AvgIpc) is 2.69. The first kappa shape index (κ1) is 15.5. The highest BCUT2D eigenvalue weighted by molar-refractivity contribution is 6.11. The number of nitrogens with zero attached hydrogens (tertiary/aromatic N) is 3. The van der Waals surface area contributed by atoms with Crippen LogP contribution in [0.25, 0.3) is 11.0 Å². The normalized spacial score (nSPS) is 14.5. The van der Waals surface area contributed by atoms with Gasteiger partial charge in [-0.3, -0.25) is 14.8 Å². The van der Waals surface area contributed by atoms with Crippen LogP contribution in [-0.2, 0) is 4.74 Å². The van der Waals surface area contributed by atoms with Crippen molar-refractivity contribution in [2.75, 3.05) is 36.5 Å². The smallest absolute Gasteiger partial charge is 0.257 e. The first-order valence-electron chi connectivity index (χ1n) is 8.25. The molecule has 1 fully saturated rings. The molecule has 0 radical (unpaired) electrons. The van der Waals surface area contributed by atoms with Gasteiger partial charge in [0.2, 0.25) is 0 Å². The number of fused-ring (bicyclic) bond motifs is 1. The summed E-state index contributed by atoms with van der Waals surface area (Å²) in [5.41, 5.74) is 3.72. The largest absolute Gasteiger partial charge is 0.378 e. The molecule has 0 saturated carbocycles. The third kappa shape index (κ3) is 3.29. The van der Waals surface area contributed by atoms with Gasteiger partial charge in [-0.25, -0.2) is 0 Å². The van der Waals surface area contributed by atoms with Crippen molar-refractivity contribution in [3.05, 3.63) is 60.4 Å². The molecule has 1 aromatic heterocycles. The number of morpholine rings is 1. The number of hydrogen-bond acceptors (Lipinski definition) is 5. The summed E-state index contributed by atoms with van der Waals surface area (Å²) in [7, 11) is 0. The SMILES string of the molecule is O=C(Nc1ccc(N2CCOCC2)cc1)c1cccc2nccnc12. The van der Waals surface area contributed by atoms with Crippen molar-refractivity contribution < 1.29 is 9.53 Å². The molecular weight excluding hydrogens is 316 g/mol. The number of hydrogen-bond donors (Lipinski definition) is 1. The topological polar surface area (TPSA) is 67.4 Å². The highest BCUT2D eigenvalue weighted by Crippen LogP contribution is 2.20. The molecular formula is C19H18N4O2. The second kappa shape index (κ2) is 6.86. The predicted octanol–water partition coefficient (Wildman–Crippen LogP) is 2.72. The maximum absolute atomic E-state index is 12.6. The van der Waals surface area contributed by atoms with Gasteiger partial charge in [0.25, 0.3) is 5.91 Å². The first-order chi connectivity index (χ1) is 12.3. The van der Waals surface area contributed by atoms with Crippen LogP contribution in [0.2, 0.25) is 0 Å². The van der Waals surface area contributed by atoms with E-state index in [-0.39, 0.29) is 5.91 Å². The van der Waals surface area contributed by atoms with Crippen LogP contribution < -0.4 is 10.2 Å². The number of ether oxygens (including phenoxy) is 1. The summed E-state index contributed by atoms with van der Waals surface area (Å²) in [4.78, 5) is 23.4. The minimum atomic E-state index is -0.190. The number of nitrogens with one attached hydrogen (secondary N) is 1. The Morgan fingerprint density at radius 2 is 1.76 bits per heavy atom. The standard InChI is InChI=1S/C19H18N4O2/c24-19(16-2-1-3-17-18(16)21-9-8-20-17)22-14-4-6-15(7-5-14)23-10-12-25-13-11-23/h1-9H,10-13H2,(H,22,24). The summed E-state index contributed by atoms with van der Waals surface area (Å²) in [5.74, 6) is -0.190. The predicted molar refractivity (Wildman–Crippen MR) is 97.0 cm³/mol. The third-order valence-electron chi connectivity index (χ3n) is 4.24. The number of para-hydroxylation sites is 1. The van der Waals surface area contributed by atoms with Gasteiger partial charge in [0.1, 0.15) is 5.52 Å². The summed E-state index contributed by atoms with van der Waals surface area (Å²) in [6.45, 7) is 3.28. The van der Waals surface area contributed by atoms with E-state index in [2.05, 4.69) is 20.2 Å². The number of benzene rings is 2. The second-order valence-corrected chi connectivity index (χ2v) is 5.83. The Labute approximate surface area is 145 Å². The molecule has 1 N–H and O–H groups in total. The molecule has 3 aromatic rings. The van der Waals surface area contributed by atoms with Gasteiger partial charge in [0.15, 0.2) is 0 Å². The van der Waals surface area contributed by atoms with Gasteiger partial charge < -0.3 is 15.0 Å². The number of amides is 1. The van der Waals surface area contributed by atoms with Gasteiger partial charge in [0.05, 0.1) is 24.3 Å². The van der Waals surface area contributed by atoms with E-state index in [0.29, 0.717) is 16.6 Å². The third-order valence-corrected chi connectivity index (χ3v) is 4.24. The van der Waals surface area contributed by atoms with E-state index in [1.807, 2.05) is 36.4 Å². The quantitative estimate of drug-likeness (QED) is 0.798. The highest BCUT2D eigenvalue weighted by Gasteiger charge is 2.13. The lowest BCUT2D eigenvalue weighted by molar-refractivity contribution is 0.102. The van der Waals surface area contributed by atoms with Crippen molar-refractivity contribution >= 4 is 28.3 Å². The molecule has 0 spiro atoms.